The highest BCUT2D eigenvalue weighted by Crippen LogP contribution is 2.41. The summed E-state index contributed by atoms with van der Waals surface area (Å²) in [4.78, 5) is 0. The Bertz CT molecular complexity index is 440. The molecular formula is C18H27F2N. The Morgan fingerprint density at radius 2 is 1.71 bits per heavy atom. The van der Waals surface area contributed by atoms with Gasteiger partial charge in [0.15, 0.2) is 0 Å². The molecule has 0 aromatic heterocycles. The zero-order chi connectivity index (χ0) is 15.5. The number of halogens is 2. The Labute approximate surface area is 127 Å². The highest BCUT2D eigenvalue weighted by molar-refractivity contribution is 5.31. The summed E-state index contributed by atoms with van der Waals surface area (Å²) in [5, 5.41) is 3.59. The van der Waals surface area contributed by atoms with Crippen LogP contribution in [0.5, 0.6) is 0 Å². The van der Waals surface area contributed by atoms with E-state index >= 15 is 0 Å². The Hall–Kier alpha value is -0.960. The fourth-order valence-electron chi connectivity index (χ4n) is 3.44. The number of hydrogen-bond donors (Lipinski definition) is 1. The number of benzene rings is 1. The predicted octanol–water partition coefficient (Wildman–Crippen LogP) is 5.17. The molecule has 1 aromatic carbocycles. The van der Waals surface area contributed by atoms with Crippen LogP contribution in [-0.4, -0.2) is 12.5 Å². The molecule has 0 amide bonds. The fraction of sp³-hybridized carbons (Fsp3) is 0.667. The van der Waals surface area contributed by atoms with Gasteiger partial charge >= 0.3 is 0 Å². The molecule has 21 heavy (non-hydrogen) atoms. The smallest absolute Gasteiger partial charge is 0.248 e. The maximum absolute atomic E-state index is 13.4. The number of aryl methyl sites for hydroxylation is 2. The lowest BCUT2D eigenvalue weighted by Gasteiger charge is -2.35. The van der Waals surface area contributed by atoms with Crippen molar-refractivity contribution in [1.29, 1.82) is 0 Å². The minimum absolute atomic E-state index is 0.0345. The van der Waals surface area contributed by atoms with Crippen LogP contribution in [0.4, 0.5) is 8.78 Å². The van der Waals surface area contributed by atoms with Crippen molar-refractivity contribution in [3.63, 3.8) is 0 Å². The summed E-state index contributed by atoms with van der Waals surface area (Å²) in [6.07, 6.45) is 2.35. The molecule has 1 aromatic rings. The molecule has 1 nitrogen and oxygen atoms in total. The molecule has 1 atom stereocenters. The van der Waals surface area contributed by atoms with E-state index in [0.29, 0.717) is 18.8 Å². The molecule has 1 fully saturated rings. The molecule has 118 valence electrons. The maximum atomic E-state index is 13.4. The van der Waals surface area contributed by atoms with Gasteiger partial charge in [-0.05, 0) is 51.1 Å². The lowest BCUT2D eigenvalue weighted by atomic mass is 9.79. The number of hydrogen-bond acceptors (Lipinski definition) is 1. The highest BCUT2D eigenvalue weighted by atomic mass is 19.3. The summed E-state index contributed by atoms with van der Waals surface area (Å²) in [5.41, 5.74) is 3.75. The van der Waals surface area contributed by atoms with Crippen molar-refractivity contribution in [2.75, 3.05) is 6.54 Å². The average molecular weight is 295 g/mol. The van der Waals surface area contributed by atoms with Gasteiger partial charge in [-0.2, -0.15) is 0 Å². The first kappa shape index (κ1) is 16.4. The van der Waals surface area contributed by atoms with E-state index in [-0.39, 0.29) is 18.9 Å². The monoisotopic (exact) mass is 295 g/mol. The molecule has 0 heterocycles. The summed E-state index contributed by atoms with van der Waals surface area (Å²) < 4.78 is 26.8. The minimum Gasteiger partial charge on any atom is -0.310 e. The standard InChI is InChI=1S/C18H27F2N/c1-4-9-21-17(15-5-7-18(19,20)8-6-15)16-11-13(2)10-14(3)12-16/h10-12,15,17,21H,4-9H2,1-3H3. The van der Waals surface area contributed by atoms with E-state index in [1.165, 1.54) is 16.7 Å². The second-order valence-electron chi connectivity index (χ2n) is 6.55. The van der Waals surface area contributed by atoms with Crippen LogP contribution in [0.3, 0.4) is 0 Å². The highest BCUT2D eigenvalue weighted by Gasteiger charge is 2.37. The van der Waals surface area contributed by atoms with Gasteiger partial charge in [-0.1, -0.05) is 36.2 Å². The van der Waals surface area contributed by atoms with Crippen molar-refractivity contribution < 1.29 is 8.78 Å². The normalized spacial score (nSPS) is 20.4. The largest absolute Gasteiger partial charge is 0.310 e. The number of rotatable bonds is 5. The Morgan fingerprint density at radius 3 is 2.24 bits per heavy atom. The van der Waals surface area contributed by atoms with Crippen molar-refractivity contribution in [2.24, 2.45) is 5.92 Å². The molecule has 1 N–H and O–H groups in total. The van der Waals surface area contributed by atoms with E-state index in [2.05, 4.69) is 44.3 Å². The first-order valence-electron chi connectivity index (χ1n) is 8.10. The molecule has 0 aliphatic heterocycles. The zero-order valence-corrected chi connectivity index (χ0v) is 13.4. The Balaban J connectivity index is 2.18. The van der Waals surface area contributed by atoms with Gasteiger partial charge in [0.05, 0.1) is 0 Å². The quantitative estimate of drug-likeness (QED) is 0.790. The molecule has 3 heteroatoms. The van der Waals surface area contributed by atoms with Gasteiger partial charge in [-0.3, -0.25) is 0 Å². The zero-order valence-electron chi connectivity index (χ0n) is 13.4. The molecule has 1 aliphatic rings. The molecule has 0 saturated heterocycles. The van der Waals surface area contributed by atoms with E-state index < -0.39 is 5.92 Å². The molecule has 1 aliphatic carbocycles. The van der Waals surface area contributed by atoms with Crippen LogP contribution in [0.1, 0.15) is 61.8 Å². The van der Waals surface area contributed by atoms with Crippen LogP contribution < -0.4 is 5.32 Å². The van der Waals surface area contributed by atoms with E-state index in [4.69, 9.17) is 0 Å². The lowest BCUT2D eigenvalue weighted by molar-refractivity contribution is -0.0497. The van der Waals surface area contributed by atoms with Gasteiger partial charge in [0.2, 0.25) is 5.92 Å². The number of alkyl halides is 2. The van der Waals surface area contributed by atoms with E-state index in [1.807, 2.05) is 0 Å². The van der Waals surface area contributed by atoms with Crippen molar-refractivity contribution in [3.05, 3.63) is 34.9 Å². The summed E-state index contributed by atoms with van der Waals surface area (Å²) in [5.74, 6) is -2.13. The van der Waals surface area contributed by atoms with Gasteiger partial charge in [-0.15, -0.1) is 0 Å². The summed E-state index contributed by atoms with van der Waals surface area (Å²) in [7, 11) is 0. The fourth-order valence-corrected chi connectivity index (χ4v) is 3.44. The summed E-state index contributed by atoms with van der Waals surface area (Å²) in [6, 6.07) is 6.77. The third kappa shape index (κ3) is 4.50. The summed E-state index contributed by atoms with van der Waals surface area (Å²) in [6.45, 7) is 7.27. The van der Waals surface area contributed by atoms with Crippen molar-refractivity contribution >= 4 is 0 Å². The molecule has 0 bridgehead atoms. The van der Waals surface area contributed by atoms with Gasteiger partial charge in [0, 0.05) is 18.9 Å². The van der Waals surface area contributed by atoms with Gasteiger partial charge in [-0.25, -0.2) is 8.78 Å². The third-order valence-electron chi connectivity index (χ3n) is 4.45. The van der Waals surface area contributed by atoms with E-state index in [0.717, 1.165) is 13.0 Å². The summed E-state index contributed by atoms with van der Waals surface area (Å²) >= 11 is 0. The average Bonchev–Trinajstić information content (AvgIpc) is 2.39. The predicted molar refractivity (Wildman–Crippen MR) is 83.9 cm³/mol. The molecule has 1 saturated carbocycles. The van der Waals surface area contributed by atoms with Crippen LogP contribution in [-0.2, 0) is 0 Å². The minimum atomic E-state index is -2.45. The van der Waals surface area contributed by atoms with Crippen molar-refractivity contribution in [2.45, 2.75) is 64.8 Å². The van der Waals surface area contributed by atoms with Crippen molar-refractivity contribution in [3.8, 4) is 0 Å². The van der Waals surface area contributed by atoms with Crippen molar-refractivity contribution in [1.82, 2.24) is 5.32 Å². The van der Waals surface area contributed by atoms with Gasteiger partial charge in [0.25, 0.3) is 0 Å². The van der Waals surface area contributed by atoms with E-state index in [9.17, 15) is 8.78 Å². The topological polar surface area (TPSA) is 12.0 Å². The first-order chi connectivity index (χ1) is 9.91. The van der Waals surface area contributed by atoms with Crippen LogP contribution >= 0.6 is 0 Å². The SMILES string of the molecule is CCCNC(c1cc(C)cc(C)c1)C1CCC(F)(F)CC1. The second kappa shape index (κ2) is 6.87. The number of nitrogens with one attached hydrogen (secondary N) is 1. The third-order valence-corrected chi connectivity index (χ3v) is 4.45. The molecule has 1 unspecified atom stereocenters. The molecule has 2 rings (SSSR count). The van der Waals surface area contributed by atoms with Gasteiger partial charge < -0.3 is 5.32 Å². The van der Waals surface area contributed by atoms with E-state index in [1.54, 1.807) is 0 Å². The maximum Gasteiger partial charge on any atom is 0.248 e. The lowest BCUT2D eigenvalue weighted by Crippen LogP contribution is -2.34. The molecule has 0 spiro atoms. The molecule has 0 radical (unpaired) electrons. The van der Waals surface area contributed by atoms with Crippen LogP contribution in [0.25, 0.3) is 0 Å². The van der Waals surface area contributed by atoms with Crippen LogP contribution in [0.2, 0.25) is 0 Å². The second-order valence-corrected chi connectivity index (χ2v) is 6.55. The van der Waals surface area contributed by atoms with Gasteiger partial charge in [0.1, 0.15) is 0 Å². The van der Waals surface area contributed by atoms with Crippen LogP contribution in [0, 0.1) is 19.8 Å². The van der Waals surface area contributed by atoms with Crippen LogP contribution in [0.15, 0.2) is 18.2 Å². The Kier molecular flexibility index (Phi) is 5.37. The molecular weight excluding hydrogens is 268 g/mol. The Morgan fingerprint density at radius 1 is 1.14 bits per heavy atom. The first-order valence-corrected chi connectivity index (χ1v) is 8.10.